The Morgan fingerprint density at radius 2 is 1.76 bits per heavy atom. The smallest absolute Gasteiger partial charge is 0.360 e. The molecule has 1 aromatic rings. The van der Waals surface area contributed by atoms with Crippen molar-refractivity contribution in [1.82, 2.24) is 0 Å². The minimum atomic E-state index is -4.38. The molecule has 6 nitrogen and oxygen atoms in total. The van der Waals surface area contributed by atoms with Gasteiger partial charge in [0.15, 0.2) is 14.4 Å². The molecule has 1 unspecified atom stereocenters. The number of hydrogen-bond donors (Lipinski definition) is 0. The molecular formula is C17H22N2O4S2. The Kier molecular flexibility index (Phi) is 6.32. The second-order valence-electron chi connectivity index (χ2n) is 6.18. The summed E-state index contributed by atoms with van der Waals surface area (Å²) in [4.78, 5) is 3.04. The molecule has 0 bridgehead atoms. The van der Waals surface area contributed by atoms with Crippen LogP contribution in [0.2, 0.25) is 0 Å². The zero-order valence-electron chi connectivity index (χ0n) is 13.9. The Hall–Kier alpha value is -1.76. The fourth-order valence-corrected chi connectivity index (χ4v) is 7.97. The van der Waals surface area contributed by atoms with Crippen molar-refractivity contribution in [3.63, 3.8) is 0 Å². The Morgan fingerprint density at radius 1 is 1.16 bits per heavy atom. The van der Waals surface area contributed by atoms with Gasteiger partial charge in [0, 0.05) is 0 Å². The highest BCUT2D eigenvalue weighted by Gasteiger charge is 2.48. The molecule has 136 valence electrons. The van der Waals surface area contributed by atoms with Gasteiger partial charge < -0.3 is 5.53 Å². The molecular weight excluding hydrogens is 360 g/mol. The summed E-state index contributed by atoms with van der Waals surface area (Å²) < 4.78 is 49.9. The molecule has 0 radical (unpaired) electrons. The monoisotopic (exact) mass is 382 g/mol. The van der Waals surface area contributed by atoms with Crippen LogP contribution in [0.3, 0.4) is 0 Å². The molecule has 0 N–H and O–H groups in total. The average molecular weight is 383 g/mol. The first-order valence-electron chi connectivity index (χ1n) is 8.18. The van der Waals surface area contributed by atoms with Crippen molar-refractivity contribution in [1.29, 1.82) is 0 Å². The molecule has 0 heterocycles. The molecule has 0 amide bonds. The van der Waals surface area contributed by atoms with Crippen LogP contribution < -0.4 is 0 Å². The lowest BCUT2D eigenvalue weighted by atomic mass is 9.90. The highest BCUT2D eigenvalue weighted by atomic mass is 32.3. The molecule has 1 saturated carbocycles. The van der Waals surface area contributed by atoms with E-state index in [0.29, 0.717) is 12.8 Å². The van der Waals surface area contributed by atoms with Gasteiger partial charge in [-0.25, -0.2) is 16.8 Å². The topological polar surface area (TPSA) is 105 Å². The minimum Gasteiger partial charge on any atom is -0.360 e. The molecule has 1 aliphatic rings. The molecule has 1 aromatic carbocycles. The van der Waals surface area contributed by atoms with Crippen molar-refractivity contribution in [2.75, 3.05) is 5.75 Å². The van der Waals surface area contributed by atoms with Crippen molar-refractivity contribution in [3.8, 4) is 0 Å². The summed E-state index contributed by atoms with van der Waals surface area (Å²) in [5.41, 5.74) is 9.54. The zero-order valence-corrected chi connectivity index (χ0v) is 15.5. The van der Waals surface area contributed by atoms with E-state index in [1.165, 1.54) is 12.1 Å². The predicted octanol–water partition coefficient (Wildman–Crippen LogP) is 2.91. The van der Waals surface area contributed by atoms with Gasteiger partial charge in [-0.15, -0.1) is 6.58 Å². The Labute approximate surface area is 149 Å². The molecule has 25 heavy (non-hydrogen) atoms. The highest BCUT2D eigenvalue weighted by Crippen LogP contribution is 2.35. The summed E-state index contributed by atoms with van der Waals surface area (Å²) in [7, 11) is -8.46. The molecule has 1 atom stereocenters. The Balaban J connectivity index is 2.59. The van der Waals surface area contributed by atoms with E-state index >= 15 is 0 Å². The van der Waals surface area contributed by atoms with Gasteiger partial charge in [-0.2, -0.15) is 4.79 Å². The van der Waals surface area contributed by atoms with Crippen LogP contribution in [0, 0.1) is 5.92 Å². The third kappa shape index (κ3) is 4.26. The van der Waals surface area contributed by atoms with Crippen molar-refractivity contribution >= 4 is 24.7 Å². The lowest BCUT2D eigenvalue weighted by Crippen LogP contribution is -2.35. The molecule has 0 spiro atoms. The molecule has 0 aliphatic heterocycles. The third-order valence-electron chi connectivity index (χ3n) is 4.37. The van der Waals surface area contributed by atoms with E-state index in [4.69, 9.17) is 0 Å². The van der Waals surface area contributed by atoms with Crippen LogP contribution in [0.5, 0.6) is 0 Å². The van der Waals surface area contributed by atoms with Crippen LogP contribution in [-0.4, -0.2) is 32.4 Å². The van der Waals surface area contributed by atoms with E-state index in [0.717, 1.165) is 25.3 Å². The van der Waals surface area contributed by atoms with E-state index in [1.807, 2.05) is 0 Å². The summed E-state index contributed by atoms with van der Waals surface area (Å²) >= 11 is 0. The van der Waals surface area contributed by atoms with Gasteiger partial charge in [0.05, 0.1) is 11.7 Å². The molecule has 2 rings (SSSR count). The number of rotatable bonds is 6. The van der Waals surface area contributed by atoms with Gasteiger partial charge in [-0.05, 0) is 18.4 Å². The van der Waals surface area contributed by atoms with Crippen LogP contribution in [-0.2, 0) is 19.7 Å². The number of benzene rings is 1. The predicted molar refractivity (Wildman–Crippen MR) is 97.3 cm³/mol. The summed E-state index contributed by atoms with van der Waals surface area (Å²) in [6.45, 7) is 3.41. The second kappa shape index (κ2) is 8.08. The van der Waals surface area contributed by atoms with E-state index in [1.54, 1.807) is 18.2 Å². The number of sulfone groups is 2. The van der Waals surface area contributed by atoms with E-state index in [9.17, 15) is 22.4 Å². The van der Waals surface area contributed by atoms with Crippen molar-refractivity contribution in [2.24, 2.45) is 5.92 Å². The van der Waals surface area contributed by atoms with Crippen molar-refractivity contribution in [2.45, 2.75) is 36.7 Å². The summed E-state index contributed by atoms with van der Waals surface area (Å²) in [5.74, 6) is -0.927. The van der Waals surface area contributed by atoms with Gasteiger partial charge in [-0.3, -0.25) is 0 Å². The molecule has 0 aromatic heterocycles. The number of hydrogen-bond acceptors (Lipinski definition) is 4. The SMILES string of the molecule is C=CCS(=O)(=O)C(c1ccccc1)S(=O)(=O)C(=[N+]=[N-])C1CCCCC1. The Morgan fingerprint density at radius 3 is 2.28 bits per heavy atom. The van der Waals surface area contributed by atoms with Crippen molar-refractivity contribution < 1.29 is 21.6 Å². The lowest BCUT2D eigenvalue weighted by Gasteiger charge is -2.21. The quantitative estimate of drug-likeness (QED) is 0.248. The van der Waals surface area contributed by atoms with Crippen LogP contribution in [0.15, 0.2) is 43.0 Å². The average Bonchev–Trinajstić information content (AvgIpc) is 2.56. The largest absolute Gasteiger partial charge is 0.386 e. The first kappa shape index (κ1) is 19.6. The van der Waals surface area contributed by atoms with Gasteiger partial charge in [0.2, 0.25) is 0 Å². The maximum atomic E-state index is 13.2. The first-order chi connectivity index (χ1) is 11.8. The fourth-order valence-electron chi connectivity index (χ4n) is 3.27. The van der Waals surface area contributed by atoms with E-state index in [2.05, 4.69) is 11.4 Å². The maximum Gasteiger partial charge on any atom is 0.386 e. The first-order valence-corrected chi connectivity index (χ1v) is 11.4. The highest BCUT2D eigenvalue weighted by molar-refractivity contribution is 8.16. The zero-order chi connectivity index (χ0) is 18.5. The molecule has 1 aliphatic carbocycles. The van der Waals surface area contributed by atoms with E-state index in [-0.39, 0.29) is 5.56 Å². The summed E-state index contributed by atoms with van der Waals surface area (Å²) in [6, 6.07) is 7.75. The molecule has 0 saturated heterocycles. The van der Waals surface area contributed by atoms with Gasteiger partial charge in [0.25, 0.3) is 9.84 Å². The second-order valence-corrected chi connectivity index (χ2v) is 10.6. The minimum absolute atomic E-state index is 0.140. The van der Waals surface area contributed by atoms with Crippen LogP contribution in [0.25, 0.3) is 5.53 Å². The van der Waals surface area contributed by atoms with Crippen LogP contribution in [0.1, 0.15) is 42.2 Å². The van der Waals surface area contributed by atoms with Gasteiger partial charge in [-0.1, -0.05) is 55.7 Å². The normalized spacial score (nSPS) is 17.4. The van der Waals surface area contributed by atoms with E-state index < -0.39 is 41.0 Å². The summed E-state index contributed by atoms with van der Waals surface area (Å²) in [5, 5.41) is -0.423. The van der Waals surface area contributed by atoms with Gasteiger partial charge in [0.1, 0.15) is 0 Å². The molecule has 8 heteroatoms. The van der Waals surface area contributed by atoms with Crippen LogP contribution >= 0.6 is 0 Å². The molecule has 1 fully saturated rings. The third-order valence-corrected chi connectivity index (χ3v) is 9.47. The number of nitrogens with zero attached hydrogens (tertiary/aromatic N) is 2. The van der Waals surface area contributed by atoms with Crippen molar-refractivity contribution in [3.05, 3.63) is 54.1 Å². The lowest BCUT2D eigenvalue weighted by molar-refractivity contribution is -0.00907. The van der Waals surface area contributed by atoms with Crippen LogP contribution in [0.4, 0.5) is 0 Å². The Bertz CT molecular complexity index is 864. The summed E-state index contributed by atoms with van der Waals surface area (Å²) in [6.07, 6.45) is 4.95. The van der Waals surface area contributed by atoms with Gasteiger partial charge >= 0.3 is 5.04 Å². The fraction of sp³-hybridized carbons (Fsp3) is 0.471. The standard InChI is InChI=1S/C17H22N2O4S2/c1-2-13-24(20,21)17(15-11-7-4-8-12-15)25(22,23)16(19-18)14-9-5-3-6-10-14/h2,4,7-8,11-12,14,17H,1,3,5-6,9-10,13H2. The maximum absolute atomic E-state index is 13.2.